The van der Waals surface area contributed by atoms with Crippen LogP contribution in [0.2, 0.25) is 0 Å². The van der Waals surface area contributed by atoms with Gasteiger partial charge < -0.3 is 14.7 Å². The summed E-state index contributed by atoms with van der Waals surface area (Å²) in [6, 6.07) is 15.4. The third kappa shape index (κ3) is 3.37. The van der Waals surface area contributed by atoms with Crippen molar-refractivity contribution in [2.45, 2.75) is 18.9 Å². The number of nitrogens with zero attached hydrogens (tertiary/aromatic N) is 1. The maximum Gasteiger partial charge on any atom is 0.253 e. The van der Waals surface area contributed by atoms with Gasteiger partial charge in [0, 0.05) is 24.2 Å². The number of carbonyl (C=O) groups excluding carboxylic acids is 1. The molecule has 4 heteroatoms. The van der Waals surface area contributed by atoms with Crippen molar-refractivity contribution in [2.75, 3.05) is 20.2 Å². The summed E-state index contributed by atoms with van der Waals surface area (Å²) >= 11 is 0. The fraction of sp³-hybridized carbons (Fsp3) is 0.316. The average molecular weight is 311 g/mol. The summed E-state index contributed by atoms with van der Waals surface area (Å²) in [7, 11) is 1.63. The molecule has 120 valence electrons. The predicted octanol–water partition coefficient (Wildman–Crippen LogP) is 2.96. The first-order valence-electron chi connectivity index (χ1n) is 7.90. The Balaban J connectivity index is 1.93. The van der Waals surface area contributed by atoms with Gasteiger partial charge in [-0.1, -0.05) is 30.3 Å². The first-order valence-corrected chi connectivity index (χ1v) is 7.90. The normalized spacial score (nSPS) is 17.8. The minimum Gasteiger partial charge on any atom is -0.496 e. The van der Waals surface area contributed by atoms with E-state index in [1.165, 1.54) is 0 Å². The molecule has 1 fully saturated rings. The average Bonchev–Trinajstić information content (AvgIpc) is 2.61. The van der Waals surface area contributed by atoms with Crippen molar-refractivity contribution in [1.29, 1.82) is 0 Å². The second-order valence-corrected chi connectivity index (χ2v) is 5.83. The van der Waals surface area contributed by atoms with E-state index in [1.807, 2.05) is 42.5 Å². The van der Waals surface area contributed by atoms with Crippen LogP contribution in [0.4, 0.5) is 0 Å². The number of ether oxygens (including phenoxy) is 1. The van der Waals surface area contributed by atoms with Crippen molar-refractivity contribution >= 4 is 5.91 Å². The molecule has 0 bridgehead atoms. The summed E-state index contributed by atoms with van der Waals surface area (Å²) < 4.78 is 5.43. The van der Waals surface area contributed by atoms with Gasteiger partial charge in [-0.2, -0.15) is 0 Å². The second kappa shape index (κ2) is 6.84. The molecule has 0 saturated carbocycles. The Hall–Kier alpha value is -2.33. The molecule has 23 heavy (non-hydrogen) atoms. The minimum absolute atomic E-state index is 0.0383. The van der Waals surface area contributed by atoms with Crippen LogP contribution in [0.25, 0.3) is 11.1 Å². The van der Waals surface area contributed by atoms with Crippen molar-refractivity contribution in [3.63, 3.8) is 0 Å². The number of methoxy groups -OCH3 is 1. The molecule has 0 aliphatic carbocycles. The number of amides is 1. The van der Waals surface area contributed by atoms with Crippen molar-refractivity contribution < 1.29 is 14.6 Å². The summed E-state index contributed by atoms with van der Waals surface area (Å²) in [5.74, 6) is 0.704. The number of piperidine rings is 1. The van der Waals surface area contributed by atoms with E-state index in [2.05, 4.69) is 0 Å². The number of β-amino-alcohol motifs (C(OH)–C–C–N with tert-alkyl or cyclic N) is 1. The largest absolute Gasteiger partial charge is 0.496 e. The van der Waals surface area contributed by atoms with Gasteiger partial charge in [0.1, 0.15) is 5.75 Å². The van der Waals surface area contributed by atoms with Crippen LogP contribution in [0, 0.1) is 0 Å². The number of hydrogen-bond acceptors (Lipinski definition) is 3. The van der Waals surface area contributed by atoms with Gasteiger partial charge in [-0.15, -0.1) is 0 Å². The lowest BCUT2D eigenvalue weighted by Gasteiger charge is -2.30. The highest BCUT2D eigenvalue weighted by Gasteiger charge is 2.23. The van der Waals surface area contributed by atoms with Crippen molar-refractivity contribution in [3.05, 3.63) is 54.1 Å². The Kier molecular flexibility index (Phi) is 4.63. The summed E-state index contributed by atoms with van der Waals surface area (Å²) in [4.78, 5) is 14.4. The molecular formula is C19H21NO3. The first kappa shape index (κ1) is 15.6. The molecule has 1 unspecified atom stereocenters. The van der Waals surface area contributed by atoms with E-state index >= 15 is 0 Å². The van der Waals surface area contributed by atoms with Crippen LogP contribution in [0.3, 0.4) is 0 Å². The van der Waals surface area contributed by atoms with E-state index in [-0.39, 0.29) is 5.91 Å². The van der Waals surface area contributed by atoms with E-state index in [0.717, 1.165) is 29.7 Å². The number of hydrogen-bond donors (Lipinski definition) is 1. The monoisotopic (exact) mass is 311 g/mol. The molecule has 2 aromatic carbocycles. The molecule has 2 aromatic rings. The molecule has 1 aliphatic rings. The Morgan fingerprint density at radius 1 is 1.22 bits per heavy atom. The molecule has 0 spiro atoms. The lowest BCUT2D eigenvalue weighted by atomic mass is 10.0. The third-order valence-electron chi connectivity index (χ3n) is 4.21. The predicted molar refractivity (Wildman–Crippen MR) is 89.6 cm³/mol. The number of likely N-dealkylation sites (tertiary alicyclic amines) is 1. The molecular weight excluding hydrogens is 290 g/mol. The van der Waals surface area contributed by atoms with Gasteiger partial charge in [0.2, 0.25) is 0 Å². The van der Waals surface area contributed by atoms with Gasteiger partial charge in [0.05, 0.1) is 13.2 Å². The van der Waals surface area contributed by atoms with Crippen molar-refractivity contribution in [1.82, 2.24) is 4.90 Å². The third-order valence-corrected chi connectivity index (χ3v) is 4.21. The van der Waals surface area contributed by atoms with E-state index in [1.54, 1.807) is 18.1 Å². The number of carbonyl (C=O) groups is 1. The Labute approximate surface area is 136 Å². The maximum atomic E-state index is 12.7. The quantitative estimate of drug-likeness (QED) is 0.948. The molecule has 1 saturated heterocycles. The van der Waals surface area contributed by atoms with E-state index in [0.29, 0.717) is 18.7 Å². The summed E-state index contributed by atoms with van der Waals surface area (Å²) in [5, 5.41) is 9.78. The Morgan fingerprint density at radius 2 is 2.00 bits per heavy atom. The smallest absolute Gasteiger partial charge is 0.253 e. The van der Waals surface area contributed by atoms with E-state index in [4.69, 9.17) is 4.74 Å². The van der Waals surface area contributed by atoms with Crippen LogP contribution in [-0.4, -0.2) is 42.2 Å². The van der Waals surface area contributed by atoms with Crippen LogP contribution in [0.1, 0.15) is 23.2 Å². The summed E-state index contributed by atoms with van der Waals surface area (Å²) in [6.45, 7) is 1.11. The molecule has 0 radical (unpaired) electrons. The second-order valence-electron chi connectivity index (χ2n) is 5.83. The first-order chi connectivity index (χ1) is 11.2. The van der Waals surface area contributed by atoms with Crippen LogP contribution >= 0.6 is 0 Å². The maximum absolute atomic E-state index is 12.7. The number of aliphatic hydroxyl groups excluding tert-OH is 1. The molecule has 1 heterocycles. The van der Waals surface area contributed by atoms with Gasteiger partial charge in [-0.25, -0.2) is 0 Å². The molecule has 1 atom stereocenters. The van der Waals surface area contributed by atoms with Gasteiger partial charge in [0.15, 0.2) is 0 Å². The van der Waals surface area contributed by atoms with Crippen LogP contribution in [0.15, 0.2) is 48.5 Å². The minimum atomic E-state index is -0.417. The highest BCUT2D eigenvalue weighted by molar-refractivity contribution is 5.96. The Bertz CT molecular complexity index is 684. The number of benzene rings is 2. The number of rotatable bonds is 3. The summed E-state index contributed by atoms with van der Waals surface area (Å²) in [5.41, 5.74) is 2.54. The van der Waals surface area contributed by atoms with E-state index < -0.39 is 6.10 Å². The zero-order valence-corrected chi connectivity index (χ0v) is 13.2. The van der Waals surface area contributed by atoms with Crippen molar-refractivity contribution in [2.24, 2.45) is 0 Å². The Morgan fingerprint density at radius 3 is 2.70 bits per heavy atom. The fourth-order valence-electron chi connectivity index (χ4n) is 3.01. The van der Waals surface area contributed by atoms with Gasteiger partial charge in [0.25, 0.3) is 5.91 Å². The highest BCUT2D eigenvalue weighted by Crippen LogP contribution is 2.31. The van der Waals surface area contributed by atoms with E-state index in [9.17, 15) is 9.90 Å². The number of aliphatic hydroxyl groups is 1. The zero-order valence-electron chi connectivity index (χ0n) is 13.2. The standard InChI is InChI=1S/C19H21NO3/c1-23-18-10-9-15(12-17(18)14-6-3-2-4-7-14)19(22)20-11-5-8-16(21)13-20/h2-4,6-7,9-10,12,16,21H,5,8,11,13H2,1H3. The van der Waals surface area contributed by atoms with Crippen LogP contribution < -0.4 is 4.74 Å². The van der Waals surface area contributed by atoms with Gasteiger partial charge in [-0.05, 0) is 36.6 Å². The molecule has 1 N–H and O–H groups in total. The van der Waals surface area contributed by atoms with Crippen LogP contribution in [-0.2, 0) is 0 Å². The van der Waals surface area contributed by atoms with Gasteiger partial charge in [-0.3, -0.25) is 4.79 Å². The molecule has 3 rings (SSSR count). The SMILES string of the molecule is COc1ccc(C(=O)N2CCCC(O)C2)cc1-c1ccccc1. The lowest BCUT2D eigenvalue weighted by molar-refractivity contribution is 0.0474. The highest BCUT2D eigenvalue weighted by atomic mass is 16.5. The molecule has 1 amide bonds. The van der Waals surface area contributed by atoms with Crippen LogP contribution in [0.5, 0.6) is 5.75 Å². The van der Waals surface area contributed by atoms with Gasteiger partial charge >= 0.3 is 0 Å². The zero-order chi connectivity index (χ0) is 16.2. The summed E-state index contributed by atoms with van der Waals surface area (Å²) in [6.07, 6.45) is 1.19. The molecule has 1 aliphatic heterocycles. The molecule has 4 nitrogen and oxygen atoms in total. The topological polar surface area (TPSA) is 49.8 Å². The fourth-order valence-corrected chi connectivity index (χ4v) is 3.01. The lowest BCUT2D eigenvalue weighted by Crippen LogP contribution is -2.42. The van der Waals surface area contributed by atoms with Crippen molar-refractivity contribution in [3.8, 4) is 16.9 Å². The molecule has 0 aromatic heterocycles.